The first-order valence-corrected chi connectivity index (χ1v) is 8.21. The van der Waals surface area contributed by atoms with Crippen LogP contribution in [0.2, 0.25) is 0 Å². The molecule has 0 saturated heterocycles. The zero-order valence-electron chi connectivity index (χ0n) is 12.7. The van der Waals surface area contributed by atoms with Gasteiger partial charge in [0, 0.05) is 17.4 Å². The van der Waals surface area contributed by atoms with E-state index >= 15 is 0 Å². The number of hydrogen-bond donors (Lipinski definition) is 3. The Kier molecular flexibility index (Phi) is 5.02. The quantitative estimate of drug-likeness (QED) is 0.640. The van der Waals surface area contributed by atoms with Crippen molar-refractivity contribution in [1.29, 1.82) is 0 Å². The Morgan fingerprint density at radius 2 is 1.83 bits per heavy atom. The Balaban J connectivity index is 2.47. The molecular formula is C14H16N4O5S. The normalized spacial score (nSPS) is 11.1. The second-order valence-electron chi connectivity index (χ2n) is 4.74. The fourth-order valence-corrected chi connectivity index (χ4v) is 2.76. The number of ether oxygens (including phenoxy) is 1. The number of nitrogens with two attached hydrogens (primary N) is 2. The number of nitrogens with zero attached hydrogens (tertiary/aromatic N) is 1. The van der Waals surface area contributed by atoms with Gasteiger partial charge in [-0.1, -0.05) is 12.1 Å². The summed E-state index contributed by atoms with van der Waals surface area (Å²) in [6.45, 7) is -0.147. The van der Waals surface area contributed by atoms with Gasteiger partial charge in [0.1, 0.15) is 0 Å². The summed E-state index contributed by atoms with van der Waals surface area (Å²) in [5.41, 5.74) is 6.39. The van der Waals surface area contributed by atoms with Crippen molar-refractivity contribution in [3.05, 3.63) is 42.2 Å². The van der Waals surface area contributed by atoms with E-state index in [1.807, 2.05) is 0 Å². The van der Waals surface area contributed by atoms with E-state index in [2.05, 4.69) is 10.1 Å². The highest BCUT2D eigenvalue weighted by molar-refractivity contribution is 7.87. The van der Waals surface area contributed by atoms with Crippen molar-refractivity contribution in [2.75, 3.05) is 19.0 Å². The molecule has 0 aliphatic rings. The molecule has 0 aliphatic heterocycles. The molecule has 0 saturated carbocycles. The molecule has 0 fully saturated rings. The minimum atomic E-state index is -4.16. The van der Waals surface area contributed by atoms with Crippen LogP contribution >= 0.6 is 0 Å². The lowest BCUT2D eigenvalue weighted by atomic mass is 10.1. The topological polar surface area (TPSA) is 147 Å². The molecule has 0 bridgehead atoms. The van der Waals surface area contributed by atoms with Crippen LogP contribution in [-0.2, 0) is 19.7 Å². The lowest BCUT2D eigenvalue weighted by Crippen LogP contribution is -2.25. The van der Waals surface area contributed by atoms with E-state index in [0.29, 0.717) is 20.8 Å². The van der Waals surface area contributed by atoms with Crippen LogP contribution in [0.3, 0.4) is 0 Å². The van der Waals surface area contributed by atoms with Crippen molar-refractivity contribution in [2.24, 2.45) is 10.9 Å². The average Bonchev–Trinajstić information content (AvgIpc) is 3.00. The second kappa shape index (κ2) is 6.83. The number of nitrogens with one attached hydrogen (secondary N) is 1. The molecule has 10 heteroatoms. The third-order valence-corrected chi connectivity index (χ3v) is 4.02. The number of aromatic nitrogens is 1. The number of carbonyl (C=O) groups excluding carboxylic acids is 2. The van der Waals surface area contributed by atoms with E-state index in [-0.39, 0.29) is 18.1 Å². The fraction of sp³-hybridized carbons (Fsp3) is 0.143. The summed E-state index contributed by atoms with van der Waals surface area (Å²) in [7, 11) is -3.02. The van der Waals surface area contributed by atoms with Gasteiger partial charge in [-0.3, -0.25) is 4.79 Å². The summed E-state index contributed by atoms with van der Waals surface area (Å²) in [5, 5.41) is 7.68. The maximum absolute atomic E-state index is 12.0. The molecule has 1 amide bonds. The van der Waals surface area contributed by atoms with E-state index in [1.165, 1.54) is 12.3 Å². The minimum absolute atomic E-state index is 0.147. The number of esters is 1. The summed E-state index contributed by atoms with van der Waals surface area (Å²) in [4.78, 5) is 23.2. The van der Waals surface area contributed by atoms with E-state index in [1.54, 1.807) is 24.3 Å². The van der Waals surface area contributed by atoms with Gasteiger partial charge in [-0.05, 0) is 23.8 Å². The summed E-state index contributed by atoms with van der Waals surface area (Å²) < 4.78 is 28.5. The third-order valence-electron chi connectivity index (χ3n) is 3.17. The minimum Gasteiger partial charge on any atom is -0.464 e. The van der Waals surface area contributed by atoms with Crippen molar-refractivity contribution >= 4 is 27.8 Å². The SMILES string of the molecule is COC(=O)c1c(-c2ccc(NC(=O)CN)cc2)ccn1S(N)(=O)=O. The monoisotopic (exact) mass is 352 g/mol. The number of amides is 1. The molecule has 0 radical (unpaired) electrons. The molecule has 0 spiro atoms. The van der Waals surface area contributed by atoms with Crippen LogP contribution in [0.5, 0.6) is 0 Å². The summed E-state index contributed by atoms with van der Waals surface area (Å²) in [6, 6.07) is 7.85. The van der Waals surface area contributed by atoms with Crippen LogP contribution in [0.4, 0.5) is 5.69 Å². The lowest BCUT2D eigenvalue weighted by molar-refractivity contribution is -0.114. The highest BCUT2D eigenvalue weighted by atomic mass is 32.2. The smallest absolute Gasteiger partial charge is 0.356 e. The standard InChI is InChI=1S/C14H16N4O5S/c1-23-14(20)13-11(6-7-18(13)24(16,21)22)9-2-4-10(5-3-9)17-12(19)8-15/h2-7H,8,15H2,1H3,(H,17,19)(H2,16,21,22). The number of anilines is 1. The van der Waals surface area contributed by atoms with E-state index < -0.39 is 16.2 Å². The molecule has 24 heavy (non-hydrogen) atoms. The van der Waals surface area contributed by atoms with Gasteiger partial charge >= 0.3 is 16.2 Å². The number of methoxy groups -OCH3 is 1. The lowest BCUT2D eigenvalue weighted by Gasteiger charge is -2.09. The van der Waals surface area contributed by atoms with Gasteiger partial charge in [0.25, 0.3) is 0 Å². The van der Waals surface area contributed by atoms with E-state index in [9.17, 15) is 18.0 Å². The van der Waals surface area contributed by atoms with Crippen molar-refractivity contribution in [1.82, 2.24) is 3.97 Å². The van der Waals surface area contributed by atoms with Crippen molar-refractivity contribution < 1.29 is 22.7 Å². The van der Waals surface area contributed by atoms with Gasteiger partial charge in [0.05, 0.1) is 13.7 Å². The summed E-state index contributed by atoms with van der Waals surface area (Å²) >= 11 is 0. The van der Waals surface area contributed by atoms with Crippen molar-refractivity contribution in [3.63, 3.8) is 0 Å². The predicted molar refractivity (Wildman–Crippen MR) is 87.4 cm³/mol. The first kappa shape index (κ1) is 17.7. The van der Waals surface area contributed by atoms with Crippen LogP contribution < -0.4 is 16.2 Å². The first-order valence-electron chi connectivity index (χ1n) is 6.71. The van der Waals surface area contributed by atoms with Crippen LogP contribution in [0, 0.1) is 0 Å². The van der Waals surface area contributed by atoms with Crippen LogP contribution in [0.1, 0.15) is 10.5 Å². The van der Waals surface area contributed by atoms with Gasteiger partial charge in [-0.2, -0.15) is 8.42 Å². The fourth-order valence-electron chi connectivity index (χ4n) is 2.10. The zero-order chi connectivity index (χ0) is 17.9. The molecule has 0 aliphatic carbocycles. The first-order chi connectivity index (χ1) is 11.3. The number of benzene rings is 1. The van der Waals surface area contributed by atoms with Crippen LogP contribution in [0.25, 0.3) is 11.1 Å². The van der Waals surface area contributed by atoms with Crippen molar-refractivity contribution in [3.8, 4) is 11.1 Å². The summed E-state index contributed by atoms with van der Waals surface area (Å²) in [5.74, 6) is -1.19. The predicted octanol–water partition coefficient (Wildman–Crippen LogP) is -0.109. The second-order valence-corrected chi connectivity index (χ2v) is 6.16. The molecule has 0 atom stereocenters. The molecule has 1 aromatic carbocycles. The molecule has 2 aromatic rings. The largest absolute Gasteiger partial charge is 0.464 e. The average molecular weight is 352 g/mol. The van der Waals surface area contributed by atoms with Crippen LogP contribution in [-0.4, -0.2) is 37.9 Å². The Labute approximate surface area is 138 Å². The maximum atomic E-state index is 12.0. The number of carbonyl (C=O) groups is 2. The Morgan fingerprint density at radius 3 is 2.33 bits per heavy atom. The molecular weight excluding hydrogens is 336 g/mol. The summed E-state index contributed by atoms with van der Waals surface area (Å²) in [6.07, 6.45) is 1.17. The highest BCUT2D eigenvalue weighted by Gasteiger charge is 2.23. The molecule has 9 nitrogen and oxygen atoms in total. The van der Waals surface area contributed by atoms with Gasteiger partial charge < -0.3 is 15.8 Å². The molecule has 1 aromatic heterocycles. The zero-order valence-corrected chi connectivity index (χ0v) is 13.5. The number of rotatable bonds is 5. The Hall–Kier alpha value is -2.69. The van der Waals surface area contributed by atoms with Gasteiger partial charge in [0.15, 0.2) is 5.69 Å². The third kappa shape index (κ3) is 3.62. The highest BCUT2D eigenvalue weighted by Crippen LogP contribution is 2.27. The Bertz CT molecular complexity index is 871. The van der Waals surface area contributed by atoms with Crippen molar-refractivity contribution in [2.45, 2.75) is 0 Å². The van der Waals surface area contributed by atoms with E-state index in [4.69, 9.17) is 10.9 Å². The van der Waals surface area contributed by atoms with Gasteiger partial charge in [0.2, 0.25) is 5.91 Å². The molecule has 2 rings (SSSR count). The van der Waals surface area contributed by atoms with E-state index in [0.717, 1.165) is 7.11 Å². The number of hydrogen-bond acceptors (Lipinski definition) is 6. The molecule has 128 valence electrons. The van der Waals surface area contributed by atoms with Gasteiger partial charge in [-0.15, -0.1) is 0 Å². The molecule has 5 N–H and O–H groups in total. The molecule has 1 heterocycles. The van der Waals surface area contributed by atoms with Crippen LogP contribution in [0.15, 0.2) is 36.5 Å². The van der Waals surface area contributed by atoms with Gasteiger partial charge in [-0.25, -0.2) is 13.9 Å². The Morgan fingerprint density at radius 1 is 1.21 bits per heavy atom. The maximum Gasteiger partial charge on any atom is 0.356 e. The molecule has 0 unspecified atom stereocenters.